The molecule has 0 heterocycles. The fourth-order valence-corrected chi connectivity index (χ4v) is 1.91. The average molecular weight is 227 g/mol. The van der Waals surface area contributed by atoms with Gasteiger partial charge in [0, 0.05) is 12.1 Å². The van der Waals surface area contributed by atoms with Crippen LogP contribution in [0.25, 0.3) is 11.1 Å². The van der Waals surface area contributed by atoms with E-state index in [-0.39, 0.29) is 0 Å². The Morgan fingerprint density at radius 3 is 2.65 bits per heavy atom. The maximum absolute atomic E-state index is 5.67. The molecule has 88 valence electrons. The topological polar surface area (TPSA) is 35.2 Å². The number of hydrogen-bond acceptors (Lipinski definition) is 2. The van der Waals surface area contributed by atoms with Crippen LogP contribution in [0.2, 0.25) is 0 Å². The third-order valence-corrected chi connectivity index (χ3v) is 2.83. The first-order valence-electron chi connectivity index (χ1n) is 5.68. The van der Waals surface area contributed by atoms with E-state index in [1.54, 1.807) is 7.11 Å². The molecule has 2 heteroatoms. The molecule has 0 unspecified atom stereocenters. The first kappa shape index (κ1) is 11.7. The molecule has 0 aliphatic carbocycles. The highest BCUT2D eigenvalue weighted by molar-refractivity contribution is 5.71. The lowest BCUT2D eigenvalue weighted by molar-refractivity contribution is 0.416. The van der Waals surface area contributed by atoms with Crippen LogP contribution in [0.15, 0.2) is 42.5 Å². The summed E-state index contributed by atoms with van der Waals surface area (Å²) in [6.45, 7) is 2.64. The summed E-state index contributed by atoms with van der Waals surface area (Å²) in [7, 11) is 1.70. The van der Waals surface area contributed by atoms with Crippen LogP contribution < -0.4 is 10.5 Å². The van der Waals surface area contributed by atoms with Gasteiger partial charge < -0.3 is 10.5 Å². The van der Waals surface area contributed by atoms with Crippen molar-refractivity contribution >= 4 is 0 Å². The minimum absolute atomic E-state index is 0.558. The van der Waals surface area contributed by atoms with Crippen molar-refractivity contribution in [1.29, 1.82) is 0 Å². The summed E-state index contributed by atoms with van der Waals surface area (Å²) in [6.07, 6.45) is 0. The van der Waals surface area contributed by atoms with Crippen molar-refractivity contribution in [3.05, 3.63) is 53.6 Å². The number of hydrogen-bond donors (Lipinski definition) is 1. The zero-order chi connectivity index (χ0) is 12.3. The lowest BCUT2D eigenvalue weighted by atomic mass is 10.0. The van der Waals surface area contributed by atoms with Gasteiger partial charge in [-0.05, 0) is 36.2 Å². The first-order chi connectivity index (χ1) is 8.24. The molecular weight excluding hydrogens is 210 g/mol. The Morgan fingerprint density at radius 2 is 1.94 bits per heavy atom. The van der Waals surface area contributed by atoms with Gasteiger partial charge in [-0.3, -0.25) is 0 Å². The summed E-state index contributed by atoms with van der Waals surface area (Å²) < 4.78 is 5.40. The lowest BCUT2D eigenvalue weighted by Crippen LogP contribution is -1.96. The molecular formula is C15H17NO. The maximum Gasteiger partial charge on any atom is 0.126 e. The van der Waals surface area contributed by atoms with E-state index in [0.29, 0.717) is 6.54 Å². The highest BCUT2D eigenvalue weighted by Crippen LogP contribution is 2.31. The number of benzene rings is 2. The zero-order valence-corrected chi connectivity index (χ0v) is 10.2. The van der Waals surface area contributed by atoms with Gasteiger partial charge in [-0.2, -0.15) is 0 Å². The number of nitrogens with two attached hydrogens (primary N) is 1. The Bertz CT molecular complexity index is 520. The Labute approximate surface area is 102 Å². The quantitative estimate of drug-likeness (QED) is 0.874. The van der Waals surface area contributed by atoms with Crippen LogP contribution in [0.3, 0.4) is 0 Å². The maximum atomic E-state index is 5.67. The molecule has 0 amide bonds. The van der Waals surface area contributed by atoms with Crippen LogP contribution in [0.5, 0.6) is 5.75 Å². The standard InChI is InChI=1S/C15H17NO/c1-11-6-7-15(17-2)14(8-11)13-5-3-4-12(9-13)10-16/h3-9H,10,16H2,1-2H3. The Balaban J connectivity index is 2.54. The van der Waals surface area contributed by atoms with Crippen molar-refractivity contribution in [3.8, 4) is 16.9 Å². The molecule has 0 saturated heterocycles. The number of ether oxygens (including phenoxy) is 1. The second-order valence-electron chi connectivity index (χ2n) is 4.11. The summed E-state index contributed by atoms with van der Waals surface area (Å²) in [5, 5.41) is 0. The fourth-order valence-electron chi connectivity index (χ4n) is 1.91. The van der Waals surface area contributed by atoms with E-state index in [1.165, 1.54) is 5.56 Å². The highest BCUT2D eigenvalue weighted by atomic mass is 16.5. The molecule has 0 aromatic heterocycles. The molecule has 0 radical (unpaired) electrons. The average Bonchev–Trinajstić information content (AvgIpc) is 2.39. The molecule has 2 nitrogen and oxygen atoms in total. The summed E-state index contributed by atoms with van der Waals surface area (Å²) in [4.78, 5) is 0. The van der Waals surface area contributed by atoms with E-state index in [1.807, 2.05) is 18.2 Å². The van der Waals surface area contributed by atoms with Crippen molar-refractivity contribution in [2.75, 3.05) is 7.11 Å². The first-order valence-corrected chi connectivity index (χ1v) is 5.68. The van der Waals surface area contributed by atoms with Crippen LogP contribution in [0.1, 0.15) is 11.1 Å². The van der Waals surface area contributed by atoms with Crippen LogP contribution in [0, 0.1) is 6.92 Å². The molecule has 2 rings (SSSR count). The van der Waals surface area contributed by atoms with Crippen LogP contribution in [-0.4, -0.2) is 7.11 Å². The van der Waals surface area contributed by atoms with Gasteiger partial charge in [0.1, 0.15) is 5.75 Å². The number of aryl methyl sites for hydroxylation is 1. The minimum atomic E-state index is 0.558. The molecule has 2 N–H and O–H groups in total. The van der Waals surface area contributed by atoms with Gasteiger partial charge in [0.2, 0.25) is 0 Å². The minimum Gasteiger partial charge on any atom is -0.496 e. The Kier molecular flexibility index (Phi) is 3.45. The van der Waals surface area contributed by atoms with Gasteiger partial charge >= 0.3 is 0 Å². The second-order valence-corrected chi connectivity index (χ2v) is 4.11. The van der Waals surface area contributed by atoms with Gasteiger partial charge in [0.25, 0.3) is 0 Å². The van der Waals surface area contributed by atoms with Gasteiger partial charge in [0.15, 0.2) is 0 Å². The van der Waals surface area contributed by atoms with Crippen molar-refractivity contribution in [2.45, 2.75) is 13.5 Å². The predicted octanol–water partition coefficient (Wildman–Crippen LogP) is 3.13. The van der Waals surface area contributed by atoms with E-state index >= 15 is 0 Å². The third kappa shape index (κ3) is 2.48. The van der Waals surface area contributed by atoms with Crippen LogP contribution >= 0.6 is 0 Å². The van der Waals surface area contributed by atoms with Gasteiger partial charge in [0.05, 0.1) is 7.11 Å². The molecule has 0 bridgehead atoms. The molecule has 0 aliphatic rings. The van der Waals surface area contributed by atoms with E-state index in [0.717, 1.165) is 22.4 Å². The van der Waals surface area contributed by atoms with E-state index < -0.39 is 0 Å². The van der Waals surface area contributed by atoms with Crippen molar-refractivity contribution in [1.82, 2.24) is 0 Å². The third-order valence-electron chi connectivity index (χ3n) is 2.83. The predicted molar refractivity (Wildman–Crippen MR) is 71.1 cm³/mol. The van der Waals surface area contributed by atoms with Crippen molar-refractivity contribution < 1.29 is 4.74 Å². The molecule has 2 aromatic carbocycles. The Hall–Kier alpha value is -1.80. The normalized spacial score (nSPS) is 10.3. The van der Waals surface area contributed by atoms with Gasteiger partial charge in [-0.15, -0.1) is 0 Å². The zero-order valence-electron chi connectivity index (χ0n) is 10.2. The Morgan fingerprint density at radius 1 is 1.12 bits per heavy atom. The molecule has 0 fully saturated rings. The summed E-state index contributed by atoms with van der Waals surface area (Å²) >= 11 is 0. The van der Waals surface area contributed by atoms with Crippen molar-refractivity contribution in [3.63, 3.8) is 0 Å². The highest BCUT2D eigenvalue weighted by Gasteiger charge is 2.06. The van der Waals surface area contributed by atoms with Gasteiger partial charge in [-0.1, -0.05) is 29.8 Å². The summed E-state index contributed by atoms with van der Waals surface area (Å²) in [5.74, 6) is 0.893. The molecule has 17 heavy (non-hydrogen) atoms. The second kappa shape index (κ2) is 5.02. The molecule has 2 aromatic rings. The smallest absolute Gasteiger partial charge is 0.126 e. The van der Waals surface area contributed by atoms with E-state index in [9.17, 15) is 0 Å². The molecule has 0 aliphatic heterocycles. The summed E-state index contributed by atoms with van der Waals surface area (Å²) in [6, 6.07) is 14.4. The number of methoxy groups -OCH3 is 1. The van der Waals surface area contributed by atoms with Crippen LogP contribution in [-0.2, 0) is 6.54 Å². The largest absolute Gasteiger partial charge is 0.496 e. The lowest BCUT2D eigenvalue weighted by Gasteiger charge is -2.10. The van der Waals surface area contributed by atoms with Gasteiger partial charge in [-0.25, -0.2) is 0 Å². The molecule has 0 spiro atoms. The van der Waals surface area contributed by atoms with E-state index in [4.69, 9.17) is 10.5 Å². The monoisotopic (exact) mass is 227 g/mol. The van der Waals surface area contributed by atoms with E-state index in [2.05, 4.69) is 31.2 Å². The van der Waals surface area contributed by atoms with Crippen molar-refractivity contribution in [2.24, 2.45) is 5.73 Å². The SMILES string of the molecule is COc1ccc(C)cc1-c1cccc(CN)c1. The number of rotatable bonds is 3. The van der Waals surface area contributed by atoms with Crippen LogP contribution in [0.4, 0.5) is 0 Å². The molecule has 0 atom stereocenters. The summed E-state index contributed by atoms with van der Waals surface area (Å²) in [5.41, 5.74) is 10.3. The fraction of sp³-hybridized carbons (Fsp3) is 0.200. The molecule has 0 saturated carbocycles.